The summed E-state index contributed by atoms with van der Waals surface area (Å²) in [6.07, 6.45) is 1.62. The van der Waals surface area contributed by atoms with E-state index in [-0.39, 0.29) is 51.4 Å². The molecule has 0 radical (unpaired) electrons. The van der Waals surface area contributed by atoms with Crippen molar-refractivity contribution in [2.75, 3.05) is 0 Å². The van der Waals surface area contributed by atoms with Crippen LogP contribution in [-0.2, 0) is 0 Å². The molecule has 10 heavy (non-hydrogen) atoms. The van der Waals surface area contributed by atoms with Gasteiger partial charge in [-0.05, 0) is 0 Å². The molecular weight excluding hydrogens is 147 g/mol. The van der Waals surface area contributed by atoms with E-state index in [9.17, 15) is 0 Å². The Morgan fingerprint density at radius 3 is 2.30 bits per heavy atom. The van der Waals surface area contributed by atoms with Crippen LogP contribution in [0.15, 0.2) is 24.3 Å². The molecule has 1 aromatic carbocycles. The minimum absolute atomic E-state index is 0. The summed E-state index contributed by atoms with van der Waals surface area (Å²) in [7, 11) is 0. The van der Waals surface area contributed by atoms with Crippen LogP contribution in [0.5, 0.6) is 0 Å². The normalized spacial score (nSPS) is 8.10. The first-order valence-corrected chi connectivity index (χ1v) is 2.95. The van der Waals surface area contributed by atoms with Gasteiger partial charge in [0, 0.05) is 0 Å². The number of aryl methyl sites for hydroxylation is 1. The first-order valence-electron chi connectivity index (χ1n) is 2.95. The molecule has 0 aliphatic rings. The molecule has 0 nitrogen and oxygen atoms in total. The molecule has 1 heteroatoms. The molecular formula is C9H9K. The van der Waals surface area contributed by atoms with Crippen LogP contribution in [0.2, 0.25) is 0 Å². The van der Waals surface area contributed by atoms with Crippen LogP contribution in [0.1, 0.15) is 11.1 Å². The van der Waals surface area contributed by atoms with Crippen LogP contribution in [0.4, 0.5) is 0 Å². The molecule has 0 aromatic heterocycles. The van der Waals surface area contributed by atoms with Crippen LogP contribution >= 0.6 is 0 Å². The van der Waals surface area contributed by atoms with Crippen LogP contribution in [0.25, 0.3) is 6.08 Å². The molecule has 0 unspecified atom stereocenters. The van der Waals surface area contributed by atoms with E-state index in [2.05, 4.69) is 0 Å². The van der Waals surface area contributed by atoms with Crippen molar-refractivity contribution in [3.05, 3.63) is 42.0 Å². The van der Waals surface area contributed by atoms with E-state index < -0.39 is 0 Å². The molecule has 0 bridgehead atoms. The second-order valence-electron chi connectivity index (χ2n) is 2.02. The monoisotopic (exact) mass is 156 g/mol. The molecule has 0 amide bonds. The third-order valence-electron chi connectivity index (χ3n) is 1.37. The van der Waals surface area contributed by atoms with Crippen molar-refractivity contribution >= 4 is 6.08 Å². The first kappa shape index (κ1) is 10.6. The second-order valence-corrected chi connectivity index (χ2v) is 2.02. The maximum absolute atomic E-state index is 5.33. The Hall–Kier alpha value is 0.596. The summed E-state index contributed by atoms with van der Waals surface area (Å²) in [6, 6.07) is 8.02. The van der Waals surface area contributed by atoms with Crippen LogP contribution in [0.3, 0.4) is 0 Å². The van der Waals surface area contributed by atoms with Crippen molar-refractivity contribution in [2.24, 2.45) is 0 Å². The zero-order chi connectivity index (χ0) is 6.69. The molecule has 0 heterocycles. The fourth-order valence-corrected chi connectivity index (χ4v) is 0.774. The number of rotatable bonds is 1. The standard InChI is InChI=1S/C9H9.K/c1-3-9-7-5-4-6-8(9)2;/h1,3-7H,2H3;/q-1;+1. The van der Waals surface area contributed by atoms with Crippen LogP contribution in [0, 0.1) is 13.5 Å². The van der Waals surface area contributed by atoms with Gasteiger partial charge in [-0.2, -0.15) is 5.56 Å². The Bertz CT molecular complexity index is 216. The third-order valence-corrected chi connectivity index (χ3v) is 1.37. The van der Waals surface area contributed by atoms with Gasteiger partial charge in [0.1, 0.15) is 0 Å². The van der Waals surface area contributed by atoms with E-state index in [0.29, 0.717) is 0 Å². The molecule has 0 spiro atoms. The first-order chi connectivity index (χ1) is 4.34. The SMILES string of the molecule is [CH-]=Cc1ccccc1C.[K+]. The van der Waals surface area contributed by atoms with E-state index in [1.165, 1.54) is 5.56 Å². The average Bonchev–Trinajstić information content (AvgIpc) is 1.89. The molecule has 1 aromatic rings. The van der Waals surface area contributed by atoms with Crippen molar-refractivity contribution < 1.29 is 51.4 Å². The number of hydrogen-bond donors (Lipinski definition) is 0. The molecule has 0 saturated carbocycles. The molecule has 0 saturated heterocycles. The Kier molecular flexibility index (Phi) is 5.59. The maximum atomic E-state index is 5.33. The van der Waals surface area contributed by atoms with Gasteiger partial charge in [-0.3, -0.25) is 6.58 Å². The predicted molar refractivity (Wildman–Crippen MR) is 39.9 cm³/mol. The van der Waals surface area contributed by atoms with Gasteiger partial charge in [-0.1, -0.05) is 25.1 Å². The van der Waals surface area contributed by atoms with Gasteiger partial charge in [-0.25, -0.2) is 6.08 Å². The minimum atomic E-state index is 0. The molecule has 0 N–H and O–H groups in total. The van der Waals surface area contributed by atoms with Crippen molar-refractivity contribution in [1.82, 2.24) is 0 Å². The van der Waals surface area contributed by atoms with E-state index in [4.69, 9.17) is 6.58 Å². The summed E-state index contributed by atoms with van der Waals surface area (Å²) >= 11 is 0. The molecule has 0 aliphatic heterocycles. The van der Waals surface area contributed by atoms with Crippen molar-refractivity contribution in [3.63, 3.8) is 0 Å². The molecule has 0 aliphatic carbocycles. The molecule has 0 fully saturated rings. The van der Waals surface area contributed by atoms with E-state index in [1.807, 2.05) is 31.2 Å². The zero-order valence-corrected chi connectivity index (χ0v) is 9.59. The smallest absolute Gasteiger partial charge is 0.292 e. The van der Waals surface area contributed by atoms with Gasteiger partial charge in [0.2, 0.25) is 0 Å². The Labute approximate surface area is 105 Å². The Balaban J connectivity index is 0.000000810. The van der Waals surface area contributed by atoms with Gasteiger partial charge in [0.15, 0.2) is 0 Å². The summed E-state index contributed by atoms with van der Waals surface area (Å²) in [4.78, 5) is 0. The van der Waals surface area contributed by atoms with E-state index in [0.717, 1.165) is 5.56 Å². The topological polar surface area (TPSA) is 0 Å². The fraction of sp³-hybridized carbons (Fsp3) is 0.111. The van der Waals surface area contributed by atoms with Crippen molar-refractivity contribution in [1.29, 1.82) is 0 Å². The average molecular weight is 156 g/mol. The number of benzene rings is 1. The predicted octanol–water partition coefficient (Wildman–Crippen LogP) is -0.555. The van der Waals surface area contributed by atoms with Gasteiger partial charge < -0.3 is 0 Å². The number of hydrogen-bond acceptors (Lipinski definition) is 0. The summed E-state index contributed by atoms with van der Waals surface area (Å²) in [5.41, 5.74) is 2.33. The van der Waals surface area contributed by atoms with E-state index in [1.54, 1.807) is 6.08 Å². The summed E-state index contributed by atoms with van der Waals surface area (Å²) in [6.45, 7) is 7.37. The molecule has 1 rings (SSSR count). The van der Waals surface area contributed by atoms with Crippen molar-refractivity contribution in [2.45, 2.75) is 6.92 Å². The summed E-state index contributed by atoms with van der Waals surface area (Å²) in [5, 5.41) is 0. The largest absolute Gasteiger partial charge is 1.00 e. The molecule has 0 atom stereocenters. The van der Waals surface area contributed by atoms with Gasteiger partial charge in [-0.15, -0.1) is 11.6 Å². The summed E-state index contributed by atoms with van der Waals surface area (Å²) in [5.74, 6) is 0. The van der Waals surface area contributed by atoms with Crippen molar-refractivity contribution in [3.8, 4) is 0 Å². The fourth-order valence-electron chi connectivity index (χ4n) is 0.774. The maximum Gasteiger partial charge on any atom is 1.00 e. The second kappa shape index (κ2) is 5.27. The minimum Gasteiger partial charge on any atom is -0.292 e. The quantitative estimate of drug-likeness (QED) is 0.378. The molecule has 46 valence electrons. The van der Waals surface area contributed by atoms with Gasteiger partial charge in [0.05, 0.1) is 0 Å². The summed E-state index contributed by atoms with van der Waals surface area (Å²) < 4.78 is 0. The Morgan fingerprint density at radius 1 is 1.30 bits per heavy atom. The van der Waals surface area contributed by atoms with Crippen LogP contribution in [-0.4, -0.2) is 0 Å². The van der Waals surface area contributed by atoms with Crippen LogP contribution < -0.4 is 51.4 Å². The third kappa shape index (κ3) is 2.68. The van der Waals surface area contributed by atoms with E-state index >= 15 is 0 Å². The Morgan fingerprint density at radius 2 is 1.90 bits per heavy atom. The van der Waals surface area contributed by atoms with Gasteiger partial charge in [0.25, 0.3) is 0 Å². The van der Waals surface area contributed by atoms with Gasteiger partial charge >= 0.3 is 51.4 Å². The zero-order valence-electron chi connectivity index (χ0n) is 6.46.